The van der Waals surface area contributed by atoms with Crippen LogP contribution in [0.3, 0.4) is 0 Å². The van der Waals surface area contributed by atoms with Crippen LogP contribution >= 0.6 is 11.6 Å². The fourth-order valence-corrected chi connectivity index (χ4v) is 2.05. The van der Waals surface area contributed by atoms with Gasteiger partial charge in [-0.2, -0.15) is 0 Å². The number of amides is 1. The number of anilines is 1. The van der Waals surface area contributed by atoms with Crippen LogP contribution in [-0.4, -0.2) is 35.3 Å². The van der Waals surface area contributed by atoms with Gasteiger partial charge in [0.1, 0.15) is 5.82 Å². The smallest absolute Gasteiger partial charge is 0.299 e. The van der Waals surface area contributed by atoms with Crippen LogP contribution in [0.15, 0.2) is 12.1 Å². The van der Waals surface area contributed by atoms with Crippen molar-refractivity contribution in [2.24, 2.45) is 0 Å². The van der Waals surface area contributed by atoms with Crippen molar-refractivity contribution in [1.29, 1.82) is 0 Å². The van der Waals surface area contributed by atoms with Crippen molar-refractivity contribution < 1.29 is 19.1 Å². The Morgan fingerprint density at radius 1 is 1.44 bits per heavy atom. The molecule has 0 aromatic heterocycles. The van der Waals surface area contributed by atoms with E-state index in [4.69, 9.17) is 11.6 Å². The van der Waals surface area contributed by atoms with E-state index in [0.717, 1.165) is 4.90 Å². The number of aryl methyl sites for hydroxylation is 1. The Morgan fingerprint density at radius 3 is 2.72 bits per heavy atom. The van der Waals surface area contributed by atoms with Gasteiger partial charge in [-0.1, -0.05) is 0 Å². The minimum Gasteiger partial charge on any atom is -0.390 e. The summed E-state index contributed by atoms with van der Waals surface area (Å²) >= 11 is 5.44. The van der Waals surface area contributed by atoms with Crippen molar-refractivity contribution in [2.75, 3.05) is 17.3 Å². The zero-order valence-corrected chi connectivity index (χ0v) is 10.4. The van der Waals surface area contributed by atoms with Gasteiger partial charge in [-0.15, -0.1) is 11.6 Å². The first-order valence-corrected chi connectivity index (χ1v) is 5.89. The molecule has 1 atom stereocenters. The lowest BCUT2D eigenvalue weighted by molar-refractivity contribution is -0.114. The van der Waals surface area contributed by atoms with E-state index in [9.17, 15) is 19.1 Å². The monoisotopic (exact) mass is 271 g/mol. The highest BCUT2D eigenvalue weighted by atomic mass is 35.5. The Hall–Kier alpha value is -1.46. The first kappa shape index (κ1) is 13.0. The third-order valence-corrected chi connectivity index (χ3v) is 3.09. The maximum atomic E-state index is 13.8. The zero-order chi connectivity index (χ0) is 13.4. The molecule has 6 heteroatoms. The SMILES string of the molecule is Cc1cc(F)c2c(c1)C(=O)C(=O)N2CC(O)CCl. The lowest BCUT2D eigenvalue weighted by Gasteiger charge is -2.19. The number of alkyl halides is 1. The Labute approximate surface area is 108 Å². The zero-order valence-electron chi connectivity index (χ0n) is 9.61. The Balaban J connectivity index is 2.48. The molecule has 96 valence electrons. The molecule has 1 N–H and O–H groups in total. The van der Waals surface area contributed by atoms with Gasteiger partial charge in [0, 0.05) is 0 Å². The number of aliphatic hydroxyl groups excluding tert-OH is 1. The van der Waals surface area contributed by atoms with E-state index in [-0.39, 0.29) is 23.7 Å². The second-order valence-electron chi connectivity index (χ2n) is 4.20. The van der Waals surface area contributed by atoms with E-state index in [0.29, 0.717) is 5.56 Å². The van der Waals surface area contributed by atoms with Crippen molar-refractivity contribution in [3.05, 3.63) is 29.1 Å². The first-order valence-electron chi connectivity index (χ1n) is 5.36. The minimum atomic E-state index is -1.00. The molecule has 0 fully saturated rings. The number of Topliss-reactive ketones (excluding diaryl/α,β-unsaturated/α-hetero) is 1. The van der Waals surface area contributed by atoms with Gasteiger partial charge in [0.25, 0.3) is 11.7 Å². The lowest BCUT2D eigenvalue weighted by Crippen LogP contribution is -2.37. The van der Waals surface area contributed by atoms with Gasteiger partial charge >= 0.3 is 0 Å². The van der Waals surface area contributed by atoms with Crippen molar-refractivity contribution in [3.63, 3.8) is 0 Å². The second kappa shape index (κ2) is 4.66. The number of rotatable bonds is 3. The van der Waals surface area contributed by atoms with E-state index >= 15 is 0 Å². The van der Waals surface area contributed by atoms with Crippen molar-refractivity contribution >= 4 is 29.0 Å². The van der Waals surface area contributed by atoms with Crippen LogP contribution in [0.2, 0.25) is 0 Å². The largest absolute Gasteiger partial charge is 0.390 e. The third kappa shape index (κ3) is 2.00. The highest BCUT2D eigenvalue weighted by Crippen LogP contribution is 2.32. The average molecular weight is 272 g/mol. The van der Waals surface area contributed by atoms with E-state index in [1.54, 1.807) is 6.92 Å². The molecule has 0 bridgehead atoms. The van der Waals surface area contributed by atoms with Crippen LogP contribution in [0.5, 0.6) is 0 Å². The molecule has 1 amide bonds. The molecule has 1 unspecified atom stereocenters. The Bertz CT molecular complexity index is 532. The summed E-state index contributed by atoms with van der Waals surface area (Å²) in [6.45, 7) is 1.44. The molecule has 2 rings (SSSR count). The number of β-amino-alcohol motifs (C(OH)–C–C–N with tert-alkyl or cyclic N) is 1. The number of carbonyl (C=O) groups is 2. The normalized spacial score (nSPS) is 16.1. The fraction of sp³-hybridized carbons (Fsp3) is 0.333. The predicted octanol–water partition coefficient (Wildman–Crippen LogP) is 1.26. The van der Waals surface area contributed by atoms with Crippen molar-refractivity contribution in [1.82, 2.24) is 0 Å². The highest BCUT2D eigenvalue weighted by molar-refractivity contribution is 6.52. The summed E-state index contributed by atoms with van der Waals surface area (Å²) in [7, 11) is 0. The molecule has 0 spiro atoms. The van der Waals surface area contributed by atoms with E-state index < -0.39 is 23.6 Å². The number of nitrogens with zero attached hydrogens (tertiary/aromatic N) is 1. The number of hydrogen-bond acceptors (Lipinski definition) is 3. The van der Waals surface area contributed by atoms with Gasteiger partial charge in [0.2, 0.25) is 0 Å². The summed E-state index contributed by atoms with van der Waals surface area (Å²) < 4.78 is 13.8. The van der Waals surface area contributed by atoms with Gasteiger partial charge < -0.3 is 5.11 Å². The molecule has 0 radical (unpaired) electrons. The molecule has 0 saturated carbocycles. The van der Waals surface area contributed by atoms with E-state index in [1.165, 1.54) is 12.1 Å². The summed E-state index contributed by atoms with van der Waals surface area (Å²) in [6.07, 6.45) is -1.00. The Morgan fingerprint density at radius 2 is 2.11 bits per heavy atom. The molecule has 4 nitrogen and oxygen atoms in total. The van der Waals surface area contributed by atoms with Crippen LogP contribution in [0, 0.1) is 12.7 Å². The van der Waals surface area contributed by atoms with E-state index in [2.05, 4.69) is 0 Å². The number of benzene rings is 1. The van der Waals surface area contributed by atoms with Gasteiger partial charge in [0.15, 0.2) is 0 Å². The summed E-state index contributed by atoms with van der Waals surface area (Å²) in [5.74, 6) is -2.33. The quantitative estimate of drug-likeness (QED) is 0.665. The lowest BCUT2D eigenvalue weighted by atomic mass is 10.1. The average Bonchev–Trinajstić information content (AvgIpc) is 2.54. The van der Waals surface area contributed by atoms with Crippen molar-refractivity contribution in [3.8, 4) is 0 Å². The topological polar surface area (TPSA) is 57.6 Å². The molecule has 1 aromatic rings. The number of fused-ring (bicyclic) bond motifs is 1. The molecule has 1 aliphatic heterocycles. The second-order valence-corrected chi connectivity index (χ2v) is 4.50. The first-order chi connectivity index (χ1) is 8.45. The Kier molecular flexibility index (Phi) is 3.36. The summed E-state index contributed by atoms with van der Waals surface area (Å²) in [5.41, 5.74) is 0.534. The van der Waals surface area contributed by atoms with Gasteiger partial charge in [0.05, 0.1) is 29.8 Å². The van der Waals surface area contributed by atoms with Crippen LogP contribution < -0.4 is 4.90 Å². The number of aliphatic hydroxyl groups is 1. The summed E-state index contributed by atoms with van der Waals surface area (Å²) in [4.78, 5) is 24.4. The maximum absolute atomic E-state index is 13.8. The van der Waals surface area contributed by atoms with Gasteiger partial charge in [-0.25, -0.2) is 4.39 Å². The molecule has 0 aliphatic carbocycles. The number of ketones is 1. The molecule has 0 saturated heterocycles. The van der Waals surface area contributed by atoms with Crippen molar-refractivity contribution in [2.45, 2.75) is 13.0 Å². The third-order valence-electron chi connectivity index (χ3n) is 2.73. The van der Waals surface area contributed by atoms with Gasteiger partial charge in [-0.3, -0.25) is 14.5 Å². The molecule has 1 aliphatic rings. The molecule has 1 heterocycles. The molecular formula is C12H11ClFNO3. The van der Waals surface area contributed by atoms with E-state index in [1.807, 2.05) is 0 Å². The predicted molar refractivity (Wildman–Crippen MR) is 64.5 cm³/mol. The van der Waals surface area contributed by atoms with Crippen LogP contribution in [0.25, 0.3) is 0 Å². The number of halogens is 2. The molecule has 1 aromatic carbocycles. The number of carbonyl (C=O) groups excluding carboxylic acids is 2. The summed E-state index contributed by atoms with van der Waals surface area (Å²) in [5, 5.41) is 9.43. The van der Waals surface area contributed by atoms with Crippen LogP contribution in [-0.2, 0) is 4.79 Å². The molecular weight excluding hydrogens is 261 g/mol. The fourth-order valence-electron chi connectivity index (χ4n) is 1.96. The standard InChI is InChI=1S/C12H11ClFNO3/c1-6-2-8-10(9(14)3-6)15(5-7(16)4-13)12(18)11(8)17/h2-3,7,16H,4-5H2,1H3. The maximum Gasteiger partial charge on any atom is 0.299 e. The van der Waals surface area contributed by atoms with Crippen LogP contribution in [0.4, 0.5) is 10.1 Å². The minimum absolute atomic E-state index is 0.0410. The summed E-state index contributed by atoms with van der Waals surface area (Å²) in [6, 6.07) is 2.70. The molecule has 18 heavy (non-hydrogen) atoms. The highest BCUT2D eigenvalue weighted by Gasteiger charge is 2.38. The van der Waals surface area contributed by atoms with Crippen LogP contribution in [0.1, 0.15) is 15.9 Å². The number of hydrogen-bond donors (Lipinski definition) is 1. The van der Waals surface area contributed by atoms with Gasteiger partial charge in [-0.05, 0) is 24.6 Å².